The number of hydrogen-bond acceptors (Lipinski definition) is 4. The molecule has 0 saturated heterocycles. The zero-order valence-corrected chi connectivity index (χ0v) is 13.3. The van der Waals surface area contributed by atoms with Gasteiger partial charge in [0.25, 0.3) is 5.56 Å². The Morgan fingerprint density at radius 2 is 1.87 bits per heavy atom. The Labute approximate surface area is 134 Å². The summed E-state index contributed by atoms with van der Waals surface area (Å²) in [5.41, 5.74) is -0.0967. The van der Waals surface area contributed by atoms with Gasteiger partial charge in [0.05, 0.1) is 11.4 Å². The molecule has 2 aromatic heterocycles. The molecule has 0 radical (unpaired) electrons. The largest absolute Gasteiger partial charge is 0.477 e. The Kier molecular flexibility index (Phi) is 3.65. The first kappa shape index (κ1) is 15.2. The summed E-state index contributed by atoms with van der Waals surface area (Å²) < 4.78 is 2.49. The molecule has 0 amide bonds. The number of nitrogens with zero attached hydrogens (tertiary/aromatic N) is 2. The SMILES string of the molecule is CC(c1ccccc1)n1c(=O)c2cc(C(=O)O)sc2n(C)c1=O. The summed E-state index contributed by atoms with van der Waals surface area (Å²) in [5, 5.41) is 9.36. The van der Waals surface area contributed by atoms with Crippen LogP contribution in [0.5, 0.6) is 0 Å². The number of thiophene rings is 1. The van der Waals surface area contributed by atoms with Crippen molar-refractivity contribution >= 4 is 27.5 Å². The Morgan fingerprint density at radius 3 is 2.48 bits per heavy atom. The summed E-state index contributed by atoms with van der Waals surface area (Å²) >= 11 is 0.927. The number of aryl methyl sites for hydroxylation is 1. The molecule has 2 heterocycles. The van der Waals surface area contributed by atoms with Crippen molar-refractivity contribution in [1.29, 1.82) is 0 Å². The summed E-state index contributed by atoms with van der Waals surface area (Å²) in [5.74, 6) is -1.11. The summed E-state index contributed by atoms with van der Waals surface area (Å²) in [6.07, 6.45) is 0. The fourth-order valence-electron chi connectivity index (χ4n) is 2.58. The lowest BCUT2D eigenvalue weighted by molar-refractivity contribution is 0.0702. The number of aromatic carboxylic acids is 1. The van der Waals surface area contributed by atoms with Crippen molar-refractivity contribution in [2.24, 2.45) is 7.05 Å². The number of hydrogen-bond donors (Lipinski definition) is 1. The van der Waals surface area contributed by atoms with E-state index in [0.717, 1.165) is 21.5 Å². The molecular formula is C16H14N2O4S. The molecule has 0 aliphatic rings. The highest BCUT2D eigenvalue weighted by Crippen LogP contribution is 2.23. The van der Waals surface area contributed by atoms with Crippen molar-refractivity contribution in [3.8, 4) is 0 Å². The number of carboxylic acids is 1. The number of carboxylic acid groups (broad SMARTS) is 1. The van der Waals surface area contributed by atoms with E-state index < -0.39 is 23.3 Å². The lowest BCUT2D eigenvalue weighted by Crippen LogP contribution is -2.40. The predicted octanol–water partition coefficient (Wildman–Crippen LogP) is 2.07. The highest BCUT2D eigenvalue weighted by atomic mass is 32.1. The van der Waals surface area contributed by atoms with Crippen LogP contribution in [-0.2, 0) is 7.05 Å². The molecule has 1 aromatic carbocycles. The number of rotatable bonds is 3. The van der Waals surface area contributed by atoms with Crippen LogP contribution in [0.15, 0.2) is 46.0 Å². The fourth-order valence-corrected chi connectivity index (χ4v) is 3.52. The third kappa shape index (κ3) is 2.39. The van der Waals surface area contributed by atoms with E-state index in [-0.39, 0.29) is 10.3 Å². The number of benzene rings is 1. The van der Waals surface area contributed by atoms with Crippen molar-refractivity contribution in [3.05, 3.63) is 67.7 Å². The van der Waals surface area contributed by atoms with Gasteiger partial charge in [-0.2, -0.15) is 0 Å². The van der Waals surface area contributed by atoms with Crippen LogP contribution in [0, 0.1) is 0 Å². The Hall–Kier alpha value is -2.67. The molecule has 3 aromatic rings. The number of carbonyl (C=O) groups is 1. The average Bonchev–Trinajstić information content (AvgIpc) is 3.00. The maximum Gasteiger partial charge on any atom is 0.345 e. The van der Waals surface area contributed by atoms with E-state index in [1.807, 2.05) is 30.3 Å². The maximum atomic E-state index is 12.7. The second-order valence-electron chi connectivity index (χ2n) is 5.24. The predicted molar refractivity (Wildman–Crippen MR) is 88.5 cm³/mol. The average molecular weight is 330 g/mol. The monoisotopic (exact) mass is 330 g/mol. The zero-order chi connectivity index (χ0) is 16.7. The van der Waals surface area contributed by atoms with Crippen LogP contribution in [0.2, 0.25) is 0 Å². The van der Waals surface area contributed by atoms with Gasteiger partial charge in [0, 0.05) is 7.05 Å². The normalized spacial score (nSPS) is 12.4. The molecule has 1 N–H and O–H groups in total. The van der Waals surface area contributed by atoms with Crippen molar-refractivity contribution < 1.29 is 9.90 Å². The smallest absolute Gasteiger partial charge is 0.345 e. The first-order chi connectivity index (χ1) is 10.9. The Morgan fingerprint density at radius 1 is 1.22 bits per heavy atom. The summed E-state index contributed by atoms with van der Waals surface area (Å²) in [6, 6.07) is 10.1. The highest BCUT2D eigenvalue weighted by Gasteiger charge is 2.20. The molecule has 0 bridgehead atoms. The topological polar surface area (TPSA) is 81.3 Å². The third-order valence-corrected chi connectivity index (χ3v) is 5.04. The number of fused-ring (bicyclic) bond motifs is 1. The van der Waals surface area contributed by atoms with Crippen LogP contribution >= 0.6 is 11.3 Å². The minimum atomic E-state index is -1.11. The maximum absolute atomic E-state index is 12.7. The molecule has 118 valence electrons. The molecule has 23 heavy (non-hydrogen) atoms. The van der Waals surface area contributed by atoms with Crippen LogP contribution < -0.4 is 11.2 Å². The van der Waals surface area contributed by atoms with Crippen molar-refractivity contribution in [3.63, 3.8) is 0 Å². The first-order valence-electron chi connectivity index (χ1n) is 6.95. The summed E-state index contributed by atoms with van der Waals surface area (Å²) in [7, 11) is 1.54. The molecule has 7 heteroatoms. The zero-order valence-electron chi connectivity index (χ0n) is 12.5. The van der Waals surface area contributed by atoms with Gasteiger partial charge in [-0.05, 0) is 18.6 Å². The quantitative estimate of drug-likeness (QED) is 0.797. The van der Waals surface area contributed by atoms with Gasteiger partial charge in [-0.25, -0.2) is 9.59 Å². The van der Waals surface area contributed by atoms with E-state index in [1.54, 1.807) is 14.0 Å². The molecule has 0 aliphatic heterocycles. The van der Waals surface area contributed by atoms with Crippen molar-refractivity contribution in [2.75, 3.05) is 0 Å². The van der Waals surface area contributed by atoms with Gasteiger partial charge < -0.3 is 5.11 Å². The molecule has 1 atom stereocenters. The molecule has 0 spiro atoms. The van der Waals surface area contributed by atoms with E-state index in [1.165, 1.54) is 10.6 Å². The van der Waals surface area contributed by atoms with Crippen molar-refractivity contribution in [1.82, 2.24) is 9.13 Å². The van der Waals surface area contributed by atoms with E-state index in [0.29, 0.717) is 4.83 Å². The second-order valence-corrected chi connectivity index (χ2v) is 6.27. The lowest BCUT2D eigenvalue weighted by atomic mass is 10.1. The highest BCUT2D eigenvalue weighted by molar-refractivity contribution is 7.20. The third-order valence-electron chi connectivity index (χ3n) is 3.84. The van der Waals surface area contributed by atoms with Crippen LogP contribution in [0.25, 0.3) is 10.2 Å². The molecule has 0 aliphatic carbocycles. The molecular weight excluding hydrogens is 316 g/mol. The Bertz CT molecular complexity index is 1010. The summed E-state index contributed by atoms with van der Waals surface area (Å²) in [4.78, 5) is 36.8. The van der Waals surface area contributed by atoms with E-state index in [9.17, 15) is 14.4 Å². The Balaban J connectivity index is 2.32. The van der Waals surface area contributed by atoms with Crippen molar-refractivity contribution in [2.45, 2.75) is 13.0 Å². The first-order valence-corrected chi connectivity index (χ1v) is 7.76. The molecule has 0 fully saturated rings. The minimum Gasteiger partial charge on any atom is -0.477 e. The standard InChI is InChI=1S/C16H14N2O4S/c1-9(10-6-4-3-5-7-10)18-13(19)11-8-12(15(20)21)23-14(11)17(2)16(18)22/h3-9H,1-2H3,(H,20,21). The minimum absolute atomic E-state index is 0.0391. The van der Waals surface area contributed by atoms with Gasteiger partial charge in [0.2, 0.25) is 0 Å². The molecule has 1 unspecified atom stereocenters. The van der Waals surface area contributed by atoms with Gasteiger partial charge in [-0.3, -0.25) is 13.9 Å². The summed E-state index contributed by atoms with van der Waals surface area (Å²) in [6.45, 7) is 1.77. The van der Waals surface area contributed by atoms with Gasteiger partial charge in [0.15, 0.2) is 0 Å². The van der Waals surface area contributed by atoms with Gasteiger partial charge in [-0.15, -0.1) is 11.3 Å². The molecule has 0 saturated carbocycles. The van der Waals surface area contributed by atoms with E-state index >= 15 is 0 Å². The van der Waals surface area contributed by atoms with E-state index in [4.69, 9.17) is 5.11 Å². The second kappa shape index (κ2) is 5.51. The van der Waals surface area contributed by atoms with Crippen LogP contribution in [0.1, 0.15) is 28.2 Å². The van der Waals surface area contributed by atoms with Crippen LogP contribution in [0.3, 0.4) is 0 Å². The van der Waals surface area contributed by atoms with Crippen LogP contribution in [-0.4, -0.2) is 20.2 Å². The molecule has 6 nitrogen and oxygen atoms in total. The fraction of sp³-hybridized carbons (Fsp3) is 0.188. The van der Waals surface area contributed by atoms with Gasteiger partial charge in [-0.1, -0.05) is 30.3 Å². The van der Waals surface area contributed by atoms with Crippen LogP contribution in [0.4, 0.5) is 0 Å². The molecule has 3 rings (SSSR count). The van der Waals surface area contributed by atoms with E-state index in [2.05, 4.69) is 0 Å². The van der Waals surface area contributed by atoms with Gasteiger partial charge >= 0.3 is 11.7 Å². The van der Waals surface area contributed by atoms with Gasteiger partial charge in [0.1, 0.15) is 9.71 Å². The lowest BCUT2D eigenvalue weighted by Gasteiger charge is -2.16. The number of aromatic nitrogens is 2.